The smallest absolute Gasteiger partial charge is 0.0343 e. The maximum absolute atomic E-state index is 3.61. The second-order valence-electron chi connectivity index (χ2n) is 4.59. The fourth-order valence-electron chi connectivity index (χ4n) is 1.90. The van der Waals surface area contributed by atoms with Crippen LogP contribution in [0.15, 0.2) is 24.3 Å². The Morgan fingerprint density at radius 1 is 1.27 bits per heavy atom. The van der Waals surface area contributed by atoms with Crippen LogP contribution in [-0.4, -0.2) is 6.54 Å². The quantitative estimate of drug-likeness (QED) is 0.773. The summed E-state index contributed by atoms with van der Waals surface area (Å²) in [7, 11) is 0. The van der Waals surface area contributed by atoms with E-state index in [-0.39, 0.29) is 0 Å². The van der Waals surface area contributed by atoms with Crippen LogP contribution in [-0.2, 0) is 0 Å². The molecule has 15 heavy (non-hydrogen) atoms. The molecule has 1 aromatic rings. The molecule has 0 heterocycles. The third kappa shape index (κ3) is 3.67. The maximum atomic E-state index is 3.61. The van der Waals surface area contributed by atoms with Crippen molar-refractivity contribution >= 4 is 0 Å². The van der Waals surface area contributed by atoms with Gasteiger partial charge in [-0.05, 0) is 31.4 Å². The lowest BCUT2D eigenvalue weighted by Crippen LogP contribution is -2.26. The molecule has 0 amide bonds. The van der Waals surface area contributed by atoms with Gasteiger partial charge in [0.05, 0.1) is 0 Å². The largest absolute Gasteiger partial charge is 0.310 e. The Labute approximate surface area is 93.9 Å². The van der Waals surface area contributed by atoms with Crippen molar-refractivity contribution in [3.05, 3.63) is 35.4 Å². The van der Waals surface area contributed by atoms with E-state index < -0.39 is 0 Å². The Hall–Kier alpha value is -0.820. The number of hydrogen-bond acceptors (Lipinski definition) is 1. The molecule has 0 bridgehead atoms. The summed E-state index contributed by atoms with van der Waals surface area (Å²) in [5, 5.41) is 3.61. The van der Waals surface area contributed by atoms with Gasteiger partial charge >= 0.3 is 0 Å². The van der Waals surface area contributed by atoms with Crippen LogP contribution in [0.5, 0.6) is 0 Å². The van der Waals surface area contributed by atoms with Crippen molar-refractivity contribution in [2.75, 3.05) is 6.54 Å². The summed E-state index contributed by atoms with van der Waals surface area (Å²) in [6.07, 6.45) is 1.19. The Morgan fingerprint density at radius 2 is 2.00 bits per heavy atom. The molecule has 1 aromatic carbocycles. The molecule has 0 aromatic heterocycles. The van der Waals surface area contributed by atoms with Crippen LogP contribution in [0.3, 0.4) is 0 Å². The molecule has 1 unspecified atom stereocenters. The van der Waals surface area contributed by atoms with Gasteiger partial charge in [0.1, 0.15) is 0 Å². The lowest BCUT2D eigenvalue weighted by Gasteiger charge is -2.23. The SMILES string of the molecule is CCCNC(c1cccc(C)c1)C(C)C. The molecule has 0 saturated carbocycles. The molecule has 0 aliphatic rings. The normalized spacial score (nSPS) is 13.1. The molecular formula is C14H23N. The summed E-state index contributed by atoms with van der Waals surface area (Å²) >= 11 is 0. The van der Waals surface area contributed by atoms with E-state index >= 15 is 0 Å². The molecule has 1 atom stereocenters. The minimum absolute atomic E-state index is 0.491. The third-order valence-corrected chi connectivity index (χ3v) is 2.68. The molecule has 1 heteroatoms. The average Bonchev–Trinajstić information content (AvgIpc) is 2.18. The van der Waals surface area contributed by atoms with Crippen molar-refractivity contribution in [1.82, 2.24) is 5.32 Å². The van der Waals surface area contributed by atoms with Crippen LogP contribution in [0.2, 0.25) is 0 Å². The lowest BCUT2D eigenvalue weighted by atomic mass is 9.95. The molecule has 1 nitrogen and oxygen atoms in total. The molecule has 0 saturated heterocycles. The first-order valence-corrected chi connectivity index (χ1v) is 5.95. The standard InChI is InChI=1S/C14H23N/c1-5-9-15-14(11(2)3)13-8-6-7-12(4)10-13/h6-8,10-11,14-15H,5,9H2,1-4H3. The van der Waals surface area contributed by atoms with Crippen LogP contribution >= 0.6 is 0 Å². The van der Waals surface area contributed by atoms with E-state index in [1.54, 1.807) is 0 Å². The Balaban J connectivity index is 2.79. The first-order chi connectivity index (χ1) is 7.15. The maximum Gasteiger partial charge on any atom is 0.0343 e. The van der Waals surface area contributed by atoms with E-state index in [1.165, 1.54) is 17.5 Å². The fraction of sp³-hybridized carbons (Fsp3) is 0.571. The average molecular weight is 205 g/mol. The molecule has 1 rings (SSSR count). The van der Waals surface area contributed by atoms with E-state index in [9.17, 15) is 0 Å². The van der Waals surface area contributed by atoms with Gasteiger partial charge in [-0.3, -0.25) is 0 Å². The number of rotatable bonds is 5. The number of benzene rings is 1. The zero-order chi connectivity index (χ0) is 11.3. The first-order valence-electron chi connectivity index (χ1n) is 5.95. The number of nitrogens with one attached hydrogen (secondary N) is 1. The van der Waals surface area contributed by atoms with Crippen LogP contribution in [0.1, 0.15) is 44.4 Å². The van der Waals surface area contributed by atoms with Crippen molar-refractivity contribution in [2.45, 2.75) is 40.2 Å². The van der Waals surface area contributed by atoms with Gasteiger partial charge in [-0.1, -0.05) is 50.6 Å². The topological polar surface area (TPSA) is 12.0 Å². The van der Waals surface area contributed by atoms with E-state index in [4.69, 9.17) is 0 Å². The second-order valence-corrected chi connectivity index (χ2v) is 4.59. The van der Waals surface area contributed by atoms with Crippen molar-refractivity contribution in [2.24, 2.45) is 5.92 Å². The van der Waals surface area contributed by atoms with Gasteiger partial charge < -0.3 is 5.32 Å². The predicted molar refractivity (Wildman–Crippen MR) is 67.1 cm³/mol. The van der Waals surface area contributed by atoms with E-state index in [2.05, 4.69) is 57.3 Å². The minimum atomic E-state index is 0.491. The summed E-state index contributed by atoms with van der Waals surface area (Å²) in [6, 6.07) is 9.30. The van der Waals surface area contributed by atoms with Crippen LogP contribution in [0.25, 0.3) is 0 Å². The molecule has 0 radical (unpaired) electrons. The number of hydrogen-bond donors (Lipinski definition) is 1. The van der Waals surface area contributed by atoms with Gasteiger partial charge in [0.2, 0.25) is 0 Å². The van der Waals surface area contributed by atoms with Crippen molar-refractivity contribution in [1.29, 1.82) is 0 Å². The van der Waals surface area contributed by atoms with E-state index in [1.807, 2.05) is 0 Å². The Kier molecular flexibility index (Phi) is 4.83. The number of aryl methyl sites for hydroxylation is 1. The summed E-state index contributed by atoms with van der Waals surface area (Å²) in [5.41, 5.74) is 2.76. The van der Waals surface area contributed by atoms with Crippen molar-refractivity contribution in [3.63, 3.8) is 0 Å². The molecule has 0 aliphatic heterocycles. The molecule has 0 spiro atoms. The molecule has 84 valence electrons. The van der Waals surface area contributed by atoms with Crippen LogP contribution in [0, 0.1) is 12.8 Å². The van der Waals surface area contributed by atoms with Crippen LogP contribution in [0.4, 0.5) is 0 Å². The van der Waals surface area contributed by atoms with Crippen molar-refractivity contribution < 1.29 is 0 Å². The van der Waals surface area contributed by atoms with Gasteiger partial charge in [-0.25, -0.2) is 0 Å². The minimum Gasteiger partial charge on any atom is -0.310 e. The third-order valence-electron chi connectivity index (χ3n) is 2.68. The van der Waals surface area contributed by atoms with Gasteiger partial charge in [0.15, 0.2) is 0 Å². The second kappa shape index (κ2) is 5.92. The van der Waals surface area contributed by atoms with Gasteiger partial charge in [0, 0.05) is 6.04 Å². The first kappa shape index (κ1) is 12.3. The summed E-state index contributed by atoms with van der Waals surface area (Å²) < 4.78 is 0. The summed E-state index contributed by atoms with van der Waals surface area (Å²) in [6.45, 7) is 10.0. The molecule has 0 fully saturated rings. The monoisotopic (exact) mass is 205 g/mol. The van der Waals surface area contributed by atoms with E-state index in [0.717, 1.165) is 6.54 Å². The summed E-state index contributed by atoms with van der Waals surface area (Å²) in [5.74, 6) is 0.637. The van der Waals surface area contributed by atoms with Gasteiger partial charge in [-0.2, -0.15) is 0 Å². The zero-order valence-electron chi connectivity index (χ0n) is 10.4. The van der Waals surface area contributed by atoms with Gasteiger partial charge in [0.25, 0.3) is 0 Å². The fourth-order valence-corrected chi connectivity index (χ4v) is 1.90. The lowest BCUT2D eigenvalue weighted by molar-refractivity contribution is 0.412. The predicted octanol–water partition coefficient (Wildman–Crippen LogP) is 3.69. The highest BCUT2D eigenvalue weighted by Crippen LogP contribution is 2.22. The van der Waals surface area contributed by atoms with Crippen LogP contribution < -0.4 is 5.32 Å². The molecule has 1 N–H and O–H groups in total. The molecular weight excluding hydrogens is 182 g/mol. The Bertz CT molecular complexity index is 291. The van der Waals surface area contributed by atoms with Gasteiger partial charge in [-0.15, -0.1) is 0 Å². The highest BCUT2D eigenvalue weighted by Gasteiger charge is 2.14. The summed E-state index contributed by atoms with van der Waals surface area (Å²) in [4.78, 5) is 0. The highest BCUT2D eigenvalue weighted by atomic mass is 14.9. The molecule has 0 aliphatic carbocycles. The zero-order valence-corrected chi connectivity index (χ0v) is 10.4. The highest BCUT2D eigenvalue weighted by molar-refractivity contribution is 5.25. The van der Waals surface area contributed by atoms with E-state index in [0.29, 0.717) is 12.0 Å². The van der Waals surface area contributed by atoms with Crippen molar-refractivity contribution in [3.8, 4) is 0 Å². The Morgan fingerprint density at radius 3 is 2.53 bits per heavy atom.